The molecule has 0 saturated carbocycles. The number of unbranched alkanes of at least 4 members (excludes halogenated alkanes) is 3. The molecule has 1 atom stereocenters. The van der Waals surface area contributed by atoms with Crippen LogP contribution in [0.4, 0.5) is 0 Å². The van der Waals surface area contributed by atoms with E-state index in [0.717, 1.165) is 18.6 Å². The molecule has 76 valence electrons. The van der Waals surface area contributed by atoms with E-state index in [9.17, 15) is 0 Å². The summed E-state index contributed by atoms with van der Waals surface area (Å²) in [6.45, 7) is 2.29. The van der Waals surface area contributed by atoms with Crippen molar-refractivity contribution in [1.29, 1.82) is 0 Å². The largest absolute Gasteiger partial charge is 0.392 e. The molecule has 0 aromatic carbocycles. The van der Waals surface area contributed by atoms with Crippen molar-refractivity contribution in [2.45, 2.75) is 51.6 Å². The summed E-state index contributed by atoms with van der Waals surface area (Å²) in [4.78, 5) is 5.01. The van der Waals surface area contributed by atoms with E-state index in [2.05, 4.69) is 12.1 Å². The molecule has 1 rings (SSSR count). The van der Waals surface area contributed by atoms with Gasteiger partial charge in [-0.1, -0.05) is 31.3 Å². The molecular weight excluding hydrogens is 166 g/mol. The highest BCUT2D eigenvalue weighted by molar-refractivity contribution is 5.85. The molecule has 1 N–H and O–H groups in total. The fourth-order valence-corrected chi connectivity index (χ4v) is 1.49. The number of oxime groups is 1. The molecule has 0 aromatic heterocycles. The molecule has 13 heavy (non-hydrogen) atoms. The van der Waals surface area contributed by atoms with Crippen LogP contribution in [0.25, 0.3) is 0 Å². The van der Waals surface area contributed by atoms with Crippen molar-refractivity contribution in [2.75, 3.05) is 6.61 Å². The van der Waals surface area contributed by atoms with Crippen LogP contribution in [0, 0.1) is 0 Å². The minimum absolute atomic E-state index is 0.0684. The predicted octanol–water partition coefficient (Wildman–Crippen LogP) is 2.09. The van der Waals surface area contributed by atoms with Gasteiger partial charge in [-0.05, 0) is 12.8 Å². The van der Waals surface area contributed by atoms with Gasteiger partial charge in [0.15, 0.2) is 6.10 Å². The lowest BCUT2D eigenvalue weighted by Gasteiger charge is -2.01. The molecule has 1 heterocycles. The molecule has 0 aliphatic carbocycles. The second-order valence-electron chi connectivity index (χ2n) is 3.58. The van der Waals surface area contributed by atoms with Gasteiger partial charge in [0.2, 0.25) is 0 Å². The third-order valence-corrected chi connectivity index (χ3v) is 2.32. The van der Waals surface area contributed by atoms with Gasteiger partial charge < -0.3 is 9.94 Å². The first-order valence-corrected chi connectivity index (χ1v) is 5.19. The SMILES string of the molecule is CCCCCCC1=NOC(CO)C1. The summed E-state index contributed by atoms with van der Waals surface area (Å²) in [7, 11) is 0. The molecule has 3 nitrogen and oxygen atoms in total. The highest BCUT2D eigenvalue weighted by Crippen LogP contribution is 2.14. The number of aliphatic hydroxyl groups excluding tert-OH is 1. The van der Waals surface area contributed by atoms with Crippen LogP contribution < -0.4 is 0 Å². The van der Waals surface area contributed by atoms with E-state index in [1.807, 2.05) is 0 Å². The Labute approximate surface area is 79.8 Å². The average Bonchev–Trinajstić information content (AvgIpc) is 2.60. The standard InChI is InChI=1S/C10H19NO2/c1-2-3-4-5-6-9-7-10(8-12)13-11-9/h10,12H,2-8H2,1H3. The van der Waals surface area contributed by atoms with Crippen molar-refractivity contribution in [3.8, 4) is 0 Å². The van der Waals surface area contributed by atoms with Crippen LogP contribution in [0.1, 0.15) is 45.4 Å². The summed E-state index contributed by atoms with van der Waals surface area (Å²) in [5, 5.41) is 12.7. The third kappa shape index (κ3) is 3.77. The molecule has 1 unspecified atom stereocenters. The third-order valence-electron chi connectivity index (χ3n) is 2.32. The van der Waals surface area contributed by atoms with Crippen molar-refractivity contribution in [1.82, 2.24) is 0 Å². The monoisotopic (exact) mass is 185 g/mol. The second-order valence-corrected chi connectivity index (χ2v) is 3.58. The smallest absolute Gasteiger partial charge is 0.155 e. The summed E-state index contributed by atoms with van der Waals surface area (Å²) in [6.07, 6.45) is 6.84. The summed E-state index contributed by atoms with van der Waals surface area (Å²) in [6, 6.07) is 0. The van der Waals surface area contributed by atoms with Gasteiger partial charge in [0.25, 0.3) is 0 Å². The quantitative estimate of drug-likeness (QED) is 0.644. The zero-order chi connectivity index (χ0) is 9.52. The molecule has 1 aliphatic rings. The Balaban J connectivity index is 2.03. The van der Waals surface area contributed by atoms with Crippen molar-refractivity contribution in [3.05, 3.63) is 0 Å². The number of aliphatic hydroxyl groups is 1. The number of hydrogen-bond donors (Lipinski definition) is 1. The lowest BCUT2D eigenvalue weighted by Crippen LogP contribution is -2.12. The van der Waals surface area contributed by atoms with Crippen molar-refractivity contribution in [2.24, 2.45) is 5.16 Å². The van der Waals surface area contributed by atoms with Crippen LogP contribution in [0.15, 0.2) is 5.16 Å². The van der Waals surface area contributed by atoms with Crippen LogP contribution in [-0.2, 0) is 4.84 Å². The van der Waals surface area contributed by atoms with Gasteiger partial charge in [-0.15, -0.1) is 0 Å². The first-order valence-electron chi connectivity index (χ1n) is 5.19. The fourth-order valence-electron chi connectivity index (χ4n) is 1.49. The Morgan fingerprint density at radius 3 is 2.92 bits per heavy atom. The molecule has 0 radical (unpaired) electrons. The maximum atomic E-state index is 8.80. The van der Waals surface area contributed by atoms with E-state index in [-0.39, 0.29) is 12.7 Å². The molecule has 1 aliphatic heterocycles. The Kier molecular flexibility index (Phi) is 4.83. The number of hydrogen-bond acceptors (Lipinski definition) is 3. The van der Waals surface area contributed by atoms with Gasteiger partial charge in [-0.2, -0.15) is 0 Å². The van der Waals surface area contributed by atoms with Crippen molar-refractivity contribution < 1.29 is 9.94 Å². The molecule has 0 spiro atoms. The zero-order valence-corrected chi connectivity index (χ0v) is 8.33. The van der Waals surface area contributed by atoms with E-state index in [1.54, 1.807) is 0 Å². The Morgan fingerprint density at radius 2 is 2.31 bits per heavy atom. The first-order chi connectivity index (χ1) is 6.36. The topological polar surface area (TPSA) is 41.8 Å². The predicted molar refractivity (Wildman–Crippen MR) is 52.8 cm³/mol. The molecule has 0 amide bonds. The van der Waals surface area contributed by atoms with E-state index in [1.165, 1.54) is 25.7 Å². The van der Waals surface area contributed by atoms with Gasteiger partial charge in [0.05, 0.1) is 12.3 Å². The van der Waals surface area contributed by atoms with Crippen LogP contribution in [0.2, 0.25) is 0 Å². The maximum absolute atomic E-state index is 8.80. The minimum atomic E-state index is -0.0684. The normalized spacial score (nSPS) is 21.4. The summed E-state index contributed by atoms with van der Waals surface area (Å²) in [5.74, 6) is 0. The van der Waals surface area contributed by atoms with Gasteiger partial charge in [0, 0.05) is 6.42 Å². The van der Waals surface area contributed by atoms with E-state index in [0.29, 0.717) is 0 Å². The molecule has 0 aromatic rings. The average molecular weight is 185 g/mol. The molecule has 0 fully saturated rings. The van der Waals surface area contributed by atoms with Crippen LogP contribution in [0.5, 0.6) is 0 Å². The minimum Gasteiger partial charge on any atom is -0.392 e. The van der Waals surface area contributed by atoms with Crippen molar-refractivity contribution >= 4 is 5.71 Å². The fraction of sp³-hybridized carbons (Fsp3) is 0.900. The maximum Gasteiger partial charge on any atom is 0.155 e. The van der Waals surface area contributed by atoms with Crippen molar-refractivity contribution in [3.63, 3.8) is 0 Å². The van der Waals surface area contributed by atoms with E-state index < -0.39 is 0 Å². The summed E-state index contributed by atoms with van der Waals surface area (Å²) in [5.41, 5.74) is 1.12. The summed E-state index contributed by atoms with van der Waals surface area (Å²) >= 11 is 0. The van der Waals surface area contributed by atoms with Crippen LogP contribution in [0.3, 0.4) is 0 Å². The highest BCUT2D eigenvalue weighted by atomic mass is 16.6. The Hall–Kier alpha value is -0.570. The molecular formula is C10H19NO2. The molecule has 3 heteroatoms. The van der Waals surface area contributed by atoms with Gasteiger partial charge in [0.1, 0.15) is 0 Å². The Morgan fingerprint density at radius 1 is 1.46 bits per heavy atom. The number of nitrogens with zero attached hydrogens (tertiary/aromatic N) is 1. The van der Waals surface area contributed by atoms with E-state index in [4.69, 9.17) is 9.94 Å². The Bertz CT molecular complexity index is 168. The lowest BCUT2D eigenvalue weighted by molar-refractivity contribution is 0.0390. The lowest BCUT2D eigenvalue weighted by atomic mass is 10.1. The summed E-state index contributed by atoms with van der Waals surface area (Å²) < 4.78 is 0. The van der Waals surface area contributed by atoms with Gasteiger partial charge >= 0.3 is 0 Å². The van der Waals surface area contributed by atoms with Gasteiger partial charge in [-0.25, -0.2) is 0 Å². The number of rotatable bonds is 6. The first kappa shape index (κ1) is 10.5. The second kappa shape index (κ2) is 5.97. The van der Waals surface area contributed by atoms with Crippen LogP contribution >= 0.6 is 0 Å². The van der Waals surface area contributed by atoms with Crippen LogP contribution in [-0.4, -0.2) is 23.5 Å². The highest BCUT2D eigenvalue weighted by Gasteiger charge is 2.18. The zero-order valence-electron chi connectivity index (χ0n) is 8.33. The van der Waals surface area contributed by atoms with E-state index >= 15 is 0 Å². The molecule has 0 bridgehead atoms. The molecule has 0 saturated heterocycles. The van der Waals surface area contributed by atoms with Gasteiger partial charge in [-0.3, -0.25) is 0 Å².